The molecule has 3 fully saturated rings. The van der Waals surface area contributed by atoms with E-state index in [-0.39, 0.29) is 17.7 Å². The quantitative estimate of drug-likeness (QED) is 0.900. The Kier molecular flexibility index (Phi) is 5.14. The van der Waals surface area contributed by atoms with Gasteiger partial charge in [0.25, 0.3) is 0 Å². The normalized spacial score (nSPS) is 24.3. The van der Waals surface area contributed by atoms with Gasteiger partial charge in [0.2, 0.25) is 11.8 Å². The number of rotatable bonds is 4. The van der Waals surface area contributed by atoms with E-state index in [1.807, 2.05) is 17.0 Å². The van der Waals surface area contributed by atoms with Crippen LogP contribution in [0.15, 0.2) is 24.3 Å². The lowest BCUT2D eigenvalue weighted by Crippen LogP contribution is -2.35. The first-order chi connectivity index (χ1) is 12.7. The lowest BCUT2D eigenvalue weighted by atomic mass is 10.1. The largest absolute Gasteiger partial charge is 0.372 e. The van der Waals surface area contributed by atoms with Crippen LogP contribution in [0.1, 0.15) is 51.4 Å². The molecule has 1 N–H and O–H groups in total. The number of carbonyl (C=O) groups excluding carboxylic acids is 2. The summed E-state index contributed by atoms with van der Waals surface area (Å²) in [5.41, 5.74) is 2.05. The third kappa shape index (κ3) is 3.71. The summed E-state index contributed by atoms with van der Waals surface area (Å²) in [7, 11) is 0. The van der Waals surface area contributed by atoms with Crippen molar-refractivity contribution in [3.63, 3.8) is 0 Å². The van der Waals surface area contributed by atoms with E-state index in [1.54, 1.807) is 0 Å². The first-order valence-corrected chi connectivity index (χ1v) is 10.2. The summed E-state index contributed by atoms with van der Waals surface area (Å²) >= 11 is 0. The van der Waals surface area contributed by atoms with Gasteiger partial charge in [0.15, 0.2) is 0 Å². The second-order valence-electron chi connectivity index (χ2n) is 7.97. The van der Waals surface area contributed by atoms with Crippen molar-refractivity contribution in [2.45, 2.75) is 57.4 Å². The average Bonchev–Trinajstić information content (AvgIpc) is 3.32. The molecule has 0 radical (unpaired) electrons. The molecule has 1 aliphatic carbocycles. The van der Waals surface area contributed by atoms with Crippen LogP contribution >= 0.6 is 0 Å². The summed E-state index contributed by atoms with van der Waals surface area (Å²) in [4.78, 5) is 29.3. The summed E-state index contributed by atoms with van der Waals surface area (Å²) < 4.78 is 0. The van der Waals surface area contributed by atoms with E-state index >= 15 is 0 Å². The number of carbonyl (C=O) groups is 2. The first kappa shape index (κ1) is 17.4. The lowest BCUT2D eigenvalue weighted by Gasteiger charge is -2.28. The lowest BCUT2D eigenvalue weighted by molar-refractivity contribution is -0.129. The topological polar surface area (TPSA) is 52.7 Å². The fraction of sp³-hybridized carbons (Fsp3) is 0.619. The van der Waals surface area contributed by atoms with Gasteiger partial charge in [-0.3, -0.25) is 9.59 Å². The van der Waals surface area contributed by atoms with Crippen molar-refractivity contribution in [1.29, 1.82) is 0 Å². The van der Waals surface area contributed by atoms with E-state index in [1.165, 1.54) is 37.8 Å². The summed E-state index contributed by atoms with van der Waals surface area (Å²) in [5.74, 6) is -0.0908. The van der Waals surface area contributed by atoms with Crippen LogP contribution in [0.2, 0.25) is 0 Å². The minimum Gasteiger partial charge on any atom is -0.372 e. The van der Waals surface area contributed by atoms with Crippen LogP contribution in [-0.4, -0.2) is 42.4 Å². The second kappa shape index (κ2) is 7.68. The van der Waals surface area contributed by atoms with E-state index in [4.69, 9.17) is 0 Å². The highest BCUT2D eigenvalue weighted by Crippen LogP contribution is 2.30. The summed E-state index contributed by atoms with van der Waals surface area (Å²) in [6.45, 7) is 2.82. The molecule has 1 atom stereocenters. The average molecular weight is 355 g/mol. The molecule has 1 aromatic carbocycles. The minimum atomic E-state index is -0.218. The standard InChI is InChI=1S/C21H29N3O2/c25-20-14-16(15-24(20)19-6-2-3-7-19)21(26)22-17-8-10-18(11-9-17)23-12-4-1-5-13-23/h8-11,16,19H,1-7,12-15H2,(H,22,26)/t16-/m1/s1. The molecule has 2 saturated heterocycles. The van der Waals surface area contributed by atoms with Gasteiger partial charge >= 0.3 is 0 Å². The molecule has 2 heterocycles. The van der Waals surface area contributed by atoms with Crippen molar-refractivity contribution in [1.82, 2.24) is 4.90 Å². The smallest absolute Gasteiger partial charge is 0.229 e. The predicted octanol–water partition coefficient (Wildman–Crippen LogP) is 3.41. The van der Waals surface area contributed by atoms with Crippen molar-refractivity contribution in [2.24, 2.45) is 5.92 Å². The van der Waals surface area contributed by atoms with Gasteiger partial charge in [-0.2, -0.15) is 0 Å². The molecule has 5 nitrogen and oxygen atoms in total. The van der Waals surface area contributed by atoms with Gasteiger partial charge in [-0.15, -0.1) is 0 Å². The fourth-order valence-corrected chi connectivity index (χ4v) is 4.63. The molecule has 3 aliphatic rings. The molecular weight excluding hydrogens is 326 g/mol. The highest BCUT2D eigenvalue weighted by molar-refractivity contribution is 5.97. The Hall–Kier alpha value is -2.04. The second-order valence-corrected chi connectivity index (χ2v) is 7.97. The maximum Gasteiger partial charge on any atom is 0.229 e. The molecule has 1 saturated carbocycles. The number of amides is 2. The van der Waals surface area contributed by atoms with Crippen molar-refractivity contribution in [3.8, 4) is 0 Å². The van der Waals surface area contributed by atoms with Crippen LogP contribution in [0.25, 0.3) is 0 Å². The number of nitrogens with zero attached hydrogens (tertiary/aromatic N) is 2. The van der Waals surface area contributed by atoms with Crippen LogP contribution in [0.3, 0.4) is 0 Å². The van der Waals surface area contributed by atoms with Crippen LogP contribution in [-0.2, 0) is 9.59 Å². The minimum absolute atomic E-state index is 0.0235. The zero-order chi connectivity index (χ0) is 17.9. The Morgan fingerprint density at radius 1 is 0.962 bits per heavy atom. The molecule has 26 heavy (non-hydrogen) atoms. The van der Waals surface area contributed by atoms with E-state index in [9.17, 15) is 9.59 Å². The molecular formula is C21H29N3O2. The predicted molar refractivity (Wildman–Crippen MR) is 103 cm³/mol. The Balaban J connectivity index is 1.33. The van der Waals surface area contributed by atoms with Crippen molar-refractivity contribution in [2.75, 3.05) is 29.9 Å². The first-order valence-electron chi connectivity index (χ1n) is 10.2. The molecule has 2 aliphatic heterocycles. The molecule has 0 aromatic heterocycles. The summed E-state index contributed by atoms with van der Waals surface area (Å²) in [6, 6.07) is 8.50. The van der Waals surface area contributed by atoms with Crippen molar-refractivity contribution in [3.05, 3.63) is 24.3 Å². The highest BCUT2D eigenvalue weighted by atomic mass is 16.2. The van der Waals surface area contributed by atoms with Crippen LogP contribution < -0.4 is 10.2 Å². The maximum absolute atomic E-state index is 12.6. The molecule has 0 spiro atoms. The van der Waals surface area contributed by atoms with Crippen LogP contribution in [0, 0.1) is 5.92 Å². The van der Waals surface area contributed by atoms with Gasteiger partial charge in [0.05, 0.1) is 5.92 Å². The van der Waals surface area contributed by atoms with Gasteiger partial charge in [0, 0.05) is 43.5 Å². The Morgan fingerprint density at radius 2 is 1.65 bits per heavy atom. The zero-order valence-electron chi connectivity index (χ0n) is 15.5. The number of likely N-dealkylation sites (tertiary alicyclic amines) is 1. The van der Waals surface area contributed by atoms with E-state index in [0.717, 1.165) is 31.6 Å². The number of nitrogens with one attached hydrogen (secondary N) is 1. The Morgan fingerprint density at radius 3 is 2.35 bits per heavy atom. The number of hydrogen-bond acceptors (Lipinski definition) is 3. The Bertz CT molecular complexity index is 646. The van der Waals surface area contributed by atoms with Gasteiger partial charge in [-0.05, 0) is 56.4 Å². The number of anilines is 2. The monoisotopic (exact) mass is 355 g/mol. The van der Waals surface area contributed by atoms with E-state index < -0.39 is 0 Å². The van der Waals surface area contributed by atoms with Gasteiger partial charge in [-0.1, -0.05) is 12.8 Å². The van der Waals surface area contributed by atoms with Crippen LogP contribution in [0.4, 0.5) is 11.4 Å². The van der Waals surface area contributed by atoms with E-state index in [0.29, 0.717) is 19.0 Å². The number of piperidine rings is 1. The molecule has 140 valence electrons. The van der Waals surface area contributed by atoms with Gasteiger partial charge in [-0.25, -0.2) is 0 Å². The third-order valence-corrected chi connectivity index (χ3v) is 6.15. The van der Waals surface area contributed by atoms with E-state index in [2.05, 4.69) is 22.3 Å². The molecule has 0 unspecified atom stereocenters. The van der Waals surface area contributed by atoms with Gasteiger partial charge < -0.3 is 15.1 Å². The van der Waals surface area contributed by atoms with Gasteiger partial charge in [0.1, 0.15) is 0 Å². The molecule has 1 aromatic rings. The zero-order valence-corrected chi connectivity index (χ0v) is 15.5. The summed E-state index contributed by atoms with van der Waals surface area (Å²) in [6.07, 6.45) is 8.79. The fourth-order valence-electron chi connectivity index (χ4n) is 4.63. The molecule has 0 bridgehead atoms. The maximum atomic E-state index is 12.6. The van der Waals surface area contributed by atoms with Crippen molar-refractivity contribution < 1.29 is 9.59 Å². The molecule has 4 rings (SSSR count). The molecule has 5 heteroatoms. The molecule has 2 amide bonds. The third-order valence-electron chi connectivity index (χ3n) is 6.15. The number of benzene rings is 1. The number of hydrogen-bond donors (Lipinski definition) is 1. The van der Waals surface area contributed by atoms with Crippen LogP contribution in [0.5, 0.6) is 0 Å². The SMILES string of the molecule is O=C(Nc1ccc(N2CCCCC2)cc1)[C@@H]1CC(=O)N(C2CCCC2)C1. The Labute approximate surface area is 155 Å². The highest BCUT2D eigenvalue weighted by Gasteiger charge is 2.38. The summed E-state index contributed by atoms with van der Waals surface area (Å²) in [5, 5.41) is 3.01. The van der Waals surface area contributed by atoms with Crippen molar-refractivity contribution >= 4 is 23.2 Å².